The normalized spacial score (nSPS) is 12.2. The number of nitrogens with zero attached hydrogens (tertiary/aromatic N) is 1. The number of aromatic amines is 1. The van der Waals surface area contributed by atoms with E-state index < -0.39 is 0 Å². The standard InChI is InChI=1S/C17H22N4O2/c1-4-13-7-9-14(10-8-13)16(20(2)3)12-19-17-15(21(22)23)6-5-11-18-17/h5-11,16H,4,12H2,1-3H3,(H,18,19)/p+2/t16-/m1/s1. The third-order valence-electron chi connectivity index (χ3n) is 4.00. The van der Waals surface area contributed by atoms with Gasteiger partial charge in [-0.1, -0.05) is 31.2 Å². The fraction of sp³-hybridized carbons (Fsp3) is 0.353. The highest BCUT2D eigenvalue weighted by molar-refractivity contribution is 5.50. The van der Waals surface area contributed by atoms with Crippen LogP contribution in [0.2, 0.25) is 0 Å². The molecule has 0 fully saturated rings. The zero-order chi connectivity index (χ0) is 16.8. The molecule has 1 atom stereocenters. The van der Waals surface area contributed by atoms with E-state index in [1.165, 1.54) is 22.1 Å². The first-order valence-corrected chi connectivity index (χ1v) is 7.80. The maximum atomic E-state index is 11.1. The van der Waals surface area contributed by atoms with E-state index in [4.69, 9.17) is 0 Å². The predicted octanol–water partition coefficient (Wildman–Crippen LogP) is 1.27. The van der Waals surface area contributed by atoms with Gasteiger partial charge in [-0.25, -0.2) is 4.98 Å². The second-order valence-electron chi connectivity index (χ2n) is 5.79. The van der Waals surface area contributed by atoms with E-state index in [-0.39, 0.29) is 16.7 Å². The molecule has 122 valence electrons. The van der Waals surface area contributed by atoms with Crippen LogP contribution in [0, 0.1) is 10.1 Å². The SMILES string of the molecule is CCc1ccc([C@@H](CNc2[nH+]cccc2[N+](=O)[O-])[NH+](C)C)cc1. The summed E-state index contributed by atoms with van der Waals surface area (Å²) in [6.07, 6.45) is 2.70. The molecule has 3 N–H and O–H groups in total. The van der Waals surface area contributed by atoms with Crippen molar-refractivity contribution in [3.63, 3.8) is 0 Å². The van der Waals surface area contributed by atoms with Gasteiger partial charge in [0, 0.05) is 11.6 Å². The van der Waals surface area contributed by atoms with E-state index in [2.05, 4.69) is 55.6 Å². The Bertz CT molecular complexity index is 656. The minimum Gasteiger partial charge on any atom is -0.330 e. The van der Waals surface area contributed by atoms with Crippen LogP contribution in [0.4, 0.5) is 11.5 Å². The van der Waals surface area contributed by atoms with Crippen molar-refractivity contribution in [1.29, 1.82) is 0 Å². The molecule has 0 spiro atoms. The van der Waals surface area contributed by atoms with Crippen molar-refractivity contribution in [3.8, 4) is 0 Å². The Balaban J connectivity index is 2.16. The fourth-order valence-corrected chi connectivity index (χ4v) is 2.57. The van der Waals surface area contributed by atoms with Crippen LogP contribution < -0.4 is 15.2 Å². The molecule has 1 aromatic heterocycles. The Hall–Kier alpha value is -2.47. The first-order valence-electron chi connectivity index (χ1n) is 7.80. The summed E-state index contributed by atoms with van der Waals surface area (Å²) in [4.78, 5) is 14.9. The van der Waals surface area contributed by atoms with E-state index in [1.807, 2.05) is 0 Å². The first-order chi connectivity index (χ1) is 11.0. The maximum absolute atomic E-state index is 11.1. The average Bonchev–Trinajstić information content (AvgIpc) is 2.55. The predicted molar refractivity (Wildman–Crippen MR) is 89.5 cm³/mol. The van der Waals surface area contributed by atoms with Gasteiger partial charge in [0.2, 0.25) is 0 Å². The summed E-state index contributed by atoms with van der Waals surface area (Å²) in [5.74, 6) is 0.439. The number of rotatable bonds is 7. The van der Waals surface area contributed by atoms with E-state index in [0.29, 0.717) is 12.4 Å². The molecule has 0 aliphatic carbocycles. The first kappa shape index (κ1) is 16.9. The Labute approximate surface area is 136 Å². The third-order valence-corrected chi connectivity index (χ3v) is 4.00. The zero-order valence-corrected chi connectivity index (χ0v) is 13.8. The fourth-order valence-electron chi connectivity index (χ4n) is 2.57. The van der Waals surface area contributed by atoms with Gasteiger partial charge in [0.25, 0.3) is 0 Å². The van der Waals surface area contributed by atoms with Gasteiger partial charge in [0.15, 0.2) is 6.04 Å². The van der Waals surface area contributed by atoms with Crippen molar-refractivity contribution in [1.82, 2.24) is 0 Å². The maximum Gasteiger partial charge on any atom is 0.357 e. The van der Waals surface area contributed by atoms with E-state index in [1.54, 1.807) is 12.3 Å². The highest BCUT2D eigenvalue weighted by Crippen LogP contribution is 2.19. The van der Waals surface area contributed by atoms with E-state index in [0.717, 1.165) is 6.42 Å². The number of benzene rings is 1. The van der Waals surface area contributed by atoms with Gasteiger partial charge in [0.05, 0.1) is 25.2 Å². The number of pyridine rings is 1. The second kappa shape index (κ2) is 7.69. The van der Waals surface area contributed by atoms with Crippen molar-refractivity contribution in [2.75, 3.05) is 26.0 Å². The number of H-pyrrole nitrogens is 1. The lowest BCUT2D eigenvalue weighted by atomic mass is 10.0. The molecule has 6 heteroatoms. The highest BCUT2D eigenvalue weighted by Gasteiger charge is 2.24. The average molecular weight is 316 g/mol. The minimum atomic E-state index is -0.383. The number of nitrogens with one attached hydrogen (secondary N) is 3. The monoisotopic (exact) mass is 316 g/mol. The van der Waals surface area contributed by atoms with Crippen molar-refractivity contribution < 1.29 is 14.8 Å². The lowest BCUT2D eigenvalue weighted by molar-refractivity contribution is -0.890. The van der Waals surface area contributed by atoms with Crippen LogP contribution in [0.15, 0.2) is 42.6 Å². The van der Waals surface area contributed by atoms with Crippen molar-refractivity contribution in [2.24, 2.45) is 0 Å². The number of aromatic nitrogens is 1. The summed E-state index contributed by atoms with van der Waals surface area (Å²) in [6.45, 7) is 2.74. The van der Waals surface area contributed by atoms with Crippen molar-refractivity contribution in [3.05, 3.63) is 63.8 Å². The van der Waals surface area contributed by atoms with Crippen molar-refractivity contribution in [2.45, 2.75) is 19.4 Å². The molecule has 0 aliphatic heterocycles. The second-order valence-corrected chi connectivity index (χ2v) is 5.79. The smallest absolute Gasteiger partial charge is 0.330 e. The molecule has 1 heterocycles. The Morgan fingerprint density at radius 1 is 1.26 bits per heavy atom. The minimum absolute atomic E-state index is 0.0568. The molecule has 0 amide bonds. The summed E-state index contributed by atoms with van der Waals surface area (Å²) in [6, 6.07) is 11.9. The lowest BCUT2D eigenvalue weighted by Crippen LogP contribution is -3.06. The summed E-state index contributed by atoms with van der Waals surface area (Å²) >= 11 is 0. The molecular formula is C17H24N4O2+2. The molecule has 23 heavy (non-hydrogen) atoms. The van der Waals surface area contributed by atoms with Crippen LogP contribution >= 0.6 is 0 Å². The molecule has 0 unspecified atom stereocenters. The summed E-state index contributed by atoms with van der Waals surface area (Å²) in [5, 5.41) is 14.3. The number of anilines is 1. The number of likely N-dealkylation sites (N-methyl/N-ethyl adjacent to an activating group) is 1. The lowest BCUT2D eigenvalue weighted by Gasteiger charge is -2.20. The van der Waals surface area contributed by atoms with Crippen LogP contribution in [0.1, 0.15) is 24.1 Å². The number of aryl methyl sites for hydroxylation is 1. The van der Waals surface area contributed by atoms with Crippen LogP contribution in [0.25, 0.3) is 0 Å². The number of hydrogen-bond acceptors (Lipinski definition) is 3. The molecule has 0 saturated heterocycles. The summed E-state index contributed by atoms with van der Waals surface area (Å²) in [5.41, 5.74) is 2.58. The molecule has 1 aromatic carbocycles. The largest absolute Gasteiger partial charge is 0.357 e. The van der Waals surface area contributed by atoms with Crippen molar-refractivity contribution >= 4 is 11.5 Å². The van der Waals surface area contributed by atoms with Gasteiger partial charge in [-0.15, -0.1) is 0 Å². The quantitative estimate of drug-likeness (QED) is 0.597. The van der Waals surface area contributed by atoms with Crippen LogP contribution in [-0.4, -0.2) is 25.6 Å². The summed E-state index contributed by atoms with van der Waals surface area (Å²) < 4.78 is 0. The molecule has 0 aliphatic rings. The Morgan fingerprint density at radius 2 is 1.96 bits per heavy atom. The highest BCUT2D eigenvalue weighted by atomic mass is 16.6. The van der Waals surface area contributed by atoms with Gasteiger partial charge in [-0.05, 0) is 18.1 Å². The molecule has 0 bridgehead atoms. The number of hydrogen-bond donors (Lipinski definition) is 2. The molecule has 2 aromatic rings. The Kier molecular flexibility index (Phi) is 5.65. The Morgan fingerprint density at radius 3 is 2.52 bits per heavy atom. The van der Waals surface area contributed by atoms with Gasteiger partial charge < -0.3 is 4.90 Å². The zero-order valence-electron chi connectivity index (χ0n) is 13.8. The topological polar surface area (TPSA) is 73.8 Å². The van der Waals surface area contributed by atoms with Crippen LogP contribution in [0.3, 0.4) is 0 Å². The van der Waals surface area contributed by atoms with Gasteiger partial charge >= 0.3 is 11.5 Å². The van der Waals surface area contributed by atoms with Gasteiger partial charge in [-0.2, -0.15) is 0 Å². The van der Waals surface area contributed by atoms with Gasteiger partial charge in [-0.3, -0.25) is 15.4 Å². The molecule has 2 rings (SSSR count). The summed E-state index contributed by atoms with van der Waals surface area (Å²) in [7, 11) is 4.17. The van der Waals surface area contributed by atoms with Crippen LogP contribution in [0.5, 0.6) is 0 Å². The molecule has 0 radical (unpaired) electrons. The van der Waals surface area contributed by atoms with E-state index in [9.17, 15) is 10.1 Å². The molecule has 0 saturated carbocycles. The third kappa shape index (κ3) is 4.26. The van der Waals surface area contributed by atoms with Crippen LogP contribution in [-0.2, 0) is 6.42 Å². The van der Waals surface area contributed by atoms with Gasteiger partial charge in [0.1, 0.15) is 6.54 Å². The molecule has 6 nitrogen and oxygen atoms in total. The molecular weight excluding hydrogens is 292 g/mol. The van der Waals surface area contributed by atoms with E-state index >= 15 is 0 Å². The number of nitro groups is 1. The number of quaternary nitrogens is 1.